The zero-order valence-corrected chi connectivity index (χ0v) is 12.9. The Morgan fingerprint density at radius 2 is 1.86 bits per heavy atom. The number of hydrogen-bond acceptors (Lipinski definition) is 4. The standard InChI is InChI=1S/C17H15NO3S/c1-2-21-16(19)11-12-7-9-13(10-8-12)18-17(20)14-5-3-4-6-15(14)22-18/h3-10H,2,11H2,1H3. The molecule has 3 aromatic rings. The molecule has 0 unspecified atom stereocenters. The van der Waals surface area contributed by atoms with Crippen LogP contribution in [0.1, 0.15) is 12.5 Å². The minimum atomic E-state index is -0.241. The van der Waals surface area contributed by atoms with E-state index in [0.29, 0.717) is 6.61 Å². The summed E-state index contributed by atoms with van der Waals surface area (Å²) in [4.78, 5) is 23.8. The third kappa shape index (κ3) is 2.80. The number of esters is 1. The van der Waals surface area contributed by atoms with Crippen molar-refractivity contribution in [1.82, 2.24) is 3.96 Å². The maximum Gasteiger partial charge on any atom is 0.310 e. The van der Waals surface area contributed by atoms with Crippen molar-refractivity contribution in [2.45, 2.75) is 13.3 Å². The van der Waals surface area contributed by atoms with Gasteiger partial charge in [-0.15, -0.1) is 0 Å². The molecule has 0 saturated heterocycles. The quantitative estimate of drug-likeness (QED) is 0.695. The Bertz CT molecular complexity index is 861. The lowest BCUT2D eigenvalue weighted by Crippen LogP contribution is -2.11. The lowest BCUT2D eigenvalue weighted by atomic mass is 10.1. The Kier molecular flexibility index (Phi) is 4.06. The van der Waals surface area contributed by atoms with E-state index in [1.54, 1.807) is 10.9 Å². The summed E-state index contributed by atoms with van der Waals surface area (Å²) in [5.41, 5.74) is 1.66. The van der Waals surface area contributed by atoms with E-state index < -0.39 is 0 Å². The molecule has 2 aromatic carbocycles. The van der Waals surface area contributed by atoms with E-state index >= 15 is 0 Å². The van der Waals surface area contributed by atoms with Gasteiger partial charge in [0, 0.05) is 0 Å². The highest BCUT2D eigenvalue weighted by atomic mass is 32.1. The first-order valence-corrected chi connectivity index (χ1v) is 7.82. The molecule has 0 N–H and O–H groups in total. The molecule has 0 aliphatic rings. The van der Waals surface area contributed by atoms with Gasteiger partial charge in [-0.25, -0.2) is 3.96 Å². The van der Waals surface area contributed by atoms with Crippen LogP contribution in [0.3, 0.4) is 0 Å². The van der Waals surface area contributed by atoms with Gasteiger partial charge >= 0.3 is 5.97 Å². The molecule has 1 heterocycles. The van der Waals surface area contributed by atoms with Crippen molar-refractivity contribution < 1.29 is 9.53 Å². The van der Waals surface area contributed by atoms with E-state index in [4.69, 9.17) is 4.74 Å². The molecule has 0 aliphatic heterocycles. The van der Waals surface area contributed by atoms with Crippen molar-refractivity contribution >= 4 is 27.6 Å². The van der Waals surface area contributed by atoms with Crippen LogP contribution in [0.4, 0.5) is 0 Å². The van der Waals surface area contributed by atoms with Gasteiger partial charge < -0.3 is 4.74 Å². The van der Waals surface area contributed by atoms with Gasteiger partial charge in [-0.05, 0) is 36.8 Å². The minimum Gasteiger partial charge on any atom is -0.466 e. The zero-order chi connectivity index (χ0) is 15.5. The van der Waals surface area contributed by atoms with Crippen molar-refractivity contribution in [2.75, 3.05) is 6.61 Å². The number of rotatable bonds is 4. The zero-order valence-electron chi connectivity index (χ0n) is 12.1. The molecule has 3 rings (SSSR count). The Labute approximate surface area is 131 Å². The predicted octanol–water partition coefficient (Wildman–Crippen LogP) is 3.16. The number of benzene rings is 2. The van der Waals surface area contributed by atoms with Crippen LogP contribution in [0.15, 0.2) is 53.3 Å². The molecule has 5 heteroatoms. The summed E-state index contributed by atoms with van der Waals surface area (Å²) in [5, 5.41) is 0.725. The van der Waals surface area contributed by atoms with Crippen LogP contribution >= 0.6 is 11.5 Å². The van der Waals surface area contributed by atoms with Crippen LogP contribution in [0, 0.1) is 0 Å². The molecule has 0 spiro atoms. The van der Waals surface area contributed by atoms with Gasteiger partial charge in [0.1, 0.15) is 0 Å². The first-order valence-electron chi connectivity index (χ1n) is 7.05. The molecule has 1 aromatic heterocycles. The summed E-state index contributed by atoms with van der Waals surface area (Å²) in [7, 11) is 0. The second-order valence-electron chi connectivity index (χ2n) is 4.84. The van der Waals surface area contributed by atoms with E-state index in [1.165, 1.54) is 11.5 Å². The van der Waals surface area contributed by atoms with Crippen molar-refractivity contribution in [2.24, 2.45) is 0 Å². The summed E-state index contributed by atoms with van der Waals surface area (Å²) in [6.07, 6.45) is 0.245. The molecule has 0 amide bonds. The van der Waals surface area contributed by atoms with Gasteiger partial charge in [0.2, 0.25) is 0 Å². The summed E-state index contributed by atoms with van der Waals surface area (Å²) < 4.78 is 7.55. The Balaban J connectivity index is 1.90. The van der Waals surface area contributed by atoms with E-state index in [0.717, 1.165) is 21.3 Å². The molecule has 4 nitrogen and oxygen atoms in total. The fourth-order valence-electron chi connectivity index (χ4n) is 2.27. The van der Waals surface area contributed by atoms with Gasteiger partial charge in [0.15, 0.2) is 0 Å². The number of nitrogens with zero attached hydrogens (tertiary/aromatic N) is 1. The maximum absolute atomic E-state index is 12.4. The first kappa shape index (κ1) is 14.5. The van der Waals surface area contributed by atoms with Crippen LogP contribution < -0.4 is 5.56 Å². The first-order chi connectivity index (χ1) is 10.7. The van der Waals surface area contributed by atoms with Crippen LogP contribution in [-0.4, -0.2) is 16.5 Å². The van der Waals surface area contributed by atoms with Crippen molar-refractivity contribution in [3.8, 4) is 5.69 Å². The SMILES string of the molecule is CCOC(=O)Cc1ccc(-n2sc3ccccc3c2=O)cc1. The molecule has 0 fully saturated rings. The van der Waals surface area contributed by atoms with Gasteiger partial charge in [-0.2, -0.15) is 0 Å². The Morgan fingerprint density at radius 3 is 2.55 bits per heavy atom. The molecular weight excluding hydrogens is 298 g/mol. The van der Waals surface area contributed by atoms with Crippen molar-refractivity contribution in [1.29, 1.82) is 0 Å². The smallest absolute Gasteiger partial charge is 0.310 e. The normalized spacial score (nSPS) is 10.8. The highest BCUT2D eigenvalue weighted by Gasteiger charge is 2.09. The number of fused-ring (bicyclic) bond motifs is 1. The van der Waals surface area contributed by atoms with Gasteiger partial charge in [0.05, 0.1) is 28.8 Å². The number of ether oxygens (including phenoxy) is 1. The lowest BCUT2D eigenvalue weighted by molar-refractivity contribution is -0.142. The summed E-state index contributed by atoms with van der Waals surface area (Å²) in [6.45, 7) is 2.17. The highest BCUT2D eigenvalue weighted by Crippen LogP contribution is 2.20. The van der Waals surface area contributed by atoms with Crippen LogP contribution in [0.25, 0.3) is 15.8 Å². The molecule has 0 bridgehead atoms. The average Bonchev–Trinajstić information content (AvgIpc) is 2.86. The van der Waals surface area contributed by atoms with E-state index in [9.17, 15) is 9.59 Å². The third-order valence-electron chi connectivity index (χ3n) is 3.32. The molecular formula is C17H15NO3S. The monoisotopic (exact) mass is 313 g/mol. The lowest BCUT2D eigenvalue weighted by Gasteiger charge is -2.04. The van der Waals surface area contributed by atoms with E-state index in [1.807, 2.05) is 48.5 Å². The molecule has 0 saturated carbocycles. The van der Waals surface area contributed by atoms with E-state index in [-0.39, 0.29) is 17.9 Å². The Morgan fingerprint density at radius 1 is 1.14 bits per heavy atom. The fraction of sp³-hybridized carbons (Fsp3) is 0.176. The fourth-order valence-corrected chi connectivity index (χ4v) is 3.27. The predicted molar refractivity (Wildman–Crippen MR) is 87.8 cm³/mol. The minimum absolute atomic E-state index is 0.0151. The summed E-state index contributed by atoms with van der Waals surface area (Å²) in [6, 6.07) is 15.0. The summed E-state index contributed by atoms with van der Waals surface area (Å²) in [5.74, 6) is -0.241. The van der Waals surface area contributed by atoms with Crippen molar-refractivity contribution in [3.05, 3.63) is 64.4 Å². The molecule has 0 atom stereocenters. The van der Waals surface area contributed by atoms with Gasteiger partial charge in [-0.1, -0.05) is 35.8 Å². The molecule has 0 aliphatic carbocycles. The second kappa shape index (κ2) is 6.15. The number of aromatic nitrogens is 1. The Hall–Kier alpha value is -2.40. The van der Waals surface area contributed by atoms with Crippen LogP contribution in [0.5, 0.6) is 0 Å². The maximum atomic E-state index is 12.4. The number of carbonyl (C=O) groups excluding carboxylic acids is 1. The van der Waals surface area contributed by atoms with Crippen molar-refractivity contribution in [3.63, 3.8) is 0 Å². The average molecular weight is 313 g/mol. The second-order valence-corrected chi connectivity index (χ2v) is 5.82. The topological polar surface area (TPSA) is 48.3 Å². The van der Waals surface area contributed by atoms with E-state index in [2.05, 4.69) is 0 Å². The number of hydrogen-bond donors (Lipinski definition) is 0. The molecule has 22 heavy (non-hydrogen) atoms. The van der Waals surface area contributed by atoms with Gasteiger partial charge in [0.25, 0.3) is 5.56 Å². The third-order valence-corrected chi connectivity index (χ3v) is 4.43. The summed E-state index contributed by atoms with van der Waals surface area (Å²) >= 11 is 1.42. The molecule has 0 radical (unpaired) electrons. The number of carbonyl (C=O) groups is 1. The highest BCUT2D eigenvalue weighted by molar-refractivity contribution is 7.14. The largest absolute Gasteiger partial charge is 0.466 e. The van der Waals surface area contributed by atoms with Gasteiger partial charge in [-0.3, -0.25) is 9.59 Å². The molecule has 112 valence electrons. The van der Waals surface area contributed by atoms with Crippen LogP contribution in [0.2, 0.25) is 0 Å². The van der Waals surface area contributed by atoms with Crippen LogP contribution in [-0.2, 0) is 16.0 Å².